The van der Waals surface area contributed by atoms with Crippen LogP contribution in [0.25, 0.3) is 22.8 Å². The summed E-state index contributed by atoms with van der Waals surface area (Å²) in [5, 5.41) is 0.385. The Labute approximate surface area is 230 Å². The molecule has 6 rings (SSSR count). The Morgan fingerprint density at radius 2 is 1.74 bits per heavy atom. The molecule has 5 aromatic rings. The van der Waals surface area contributed by atoms with Gasteiger partial charge in [-0.05, 0) is 54.5 Å². The number of carbonyl (C=O) groups is 1. The van der Waals surface area contributed by atoms with Crippen molar-refractivity contribution in [3.63, 3.8) is 0 Å². The Balaban J connectivity index is 1.29. The highest BCUT2D eigenvalue weighted by Crippen LogP contribution is 2.32. The van der Waals surface area contributed by atoms with Gasteiger partial charge in [0.15, 0.2) is 0 Å². The van der Waals surface area contributed by atoms with Gasteiger partial charge in [0.1, 0.15) is 11.5 Å². The molecule has 1 aliphatic heterocycles. The summed E-state index contributed by atoms with van der Waals surface area (Å²) in [5.41, 5.74) is 2.80. The van der Waals surface area contributed by atoms with Gasteiger partial charge in [0.2, 0.25) is 5.91 Å². The summed E-state index contributed by atoms with van der Waals surface area (Å²) in [4.78, 5) is 32.8. The third-order valence-electron chi connectivity index (χ3n) is 6.88. The molecular formula is C31H25ClN4O3. The van der Waals surface area contributed by atoms with Crippen molar-refractivity contribution in [1.29, 1.82) is 0 Å². The Bertz CT molecular complexity index is 1730. The third-order valence-corrected chi connectivity index (χ3v) is 7.17. The van der Waals surface area contributed by atoms with Gasteiger partial charge >= 0.3 is 5.69 Å². The van der Waals surface area contributed by atoms with Crippen molar-refractivity contribution in [2.24, 2.45) is 0 Å². The molecule has 0 spiro atoms. The Morgan fingerprint density at radius 1 is 0.974 bits per heavy atom. The fourth-order valence-corrected chi connectivity index (χ4v) is 5.20. The van der Waals surface area contributed by atoms with E-state index in [1.54, 1.807) is 50.7 Å². The van der Waals surface area contributed by atoms with E-state index in [0.717, 1.165) is 11.1 Å². The number of nitrogens with zero attached hydrogens (tertiary/aromatic N) is 4. The molecule has 8 heteroatoms. The first-order valence-electron chi connectivity index (χ1n) is 12.7. The second-order valence-electron chi connectivity index (χ2n) is 9.35. The van der Waals surface area contributed by atoms with Gasteiger partial charge in [0, 0.05) is 25.4 Å². The molecule has 1 aliphatic rings. The first kappa shape index (κ1) is 24.7. The number of benzene rings is 3. The number of likely N-dealkylation sites (tertiary alicyclic amines) is 1. The number of carbonyl (C=O) groups excluding carboxylic acids is 1. The van der Waals surface area contributed by atoms with Gasteiger partial charge in [0.05, 0.1) is 34.0 Å². The Morgan fingerprint density at radius 3 is 2.51 bits per heavy atom. The van der Waals surface area contributed by atoms with Crippen LogP contribution in [0, 0.1) is 0 Å². The highest BCUT2D eigenvalue weighted by atomic mass is 35.5. The molecule has 0 aliphatic carbocycles. The van der Waals surface area contributed by atoms with Crippen molar-refractivity contribution in [2.45, 2.75) is 12.5 Å². The smallest absolute Gasteiger partial charge is 0.334 e. The van der Waals surface area contributed by atoms with Gasteiger partial charge in [-0.15, -0.1) is 0 Å². The number of para-hydroxylation sites is 1. The fourth-order valence-electron chi connectivity index (χ4n) is 4.99. The highest BCUT2D eigenvalue weighted by molar-refractivity contribution is 6.32. The van der Waals surface area contributed by atoms with E-state index in [-0.39, 0.29) is 17.6 Å². The van der Waals surface area contributed by atoms with E-state index in [9.17, 15) is 9.59 Å². The molecule has 3 heterocycles. The summed E-state index contributed by atoms with van der Waals surface area (Å²) in [7, 11) is 0. The minimum atomic E-state index is -0.204. The van der Waals surface area contributed by atoms with Crippen LogP contribution in [0.1, 0.15) is 18.0 Å². The van der Waals surface area contributed by atoms with Gasteiger partial charge in [-0.3, -0.25) is 18.9 Å². The molecule has 3 aromatic carbocycles. The topological polar surface area (TPSA) is 69.4 Å². The van der Waals surface area contributed by atoms with Crippen LogP contribution in [0.2, 0.25) is 5.02 Å². The van der Waals surface area contributed by atoms with Crippen LogP contribution < -0.4 is 10.4 Å². The summed E-state index contributed by atoms with van der Waals surface area (Å²) >= 11 is 6.58. The number of hydrogen-bond acceptors (Lipinski definition) is 4. The first-order valence-corrected chi connectivity index (χ1v) is 13.1. The number of rotatable bonds is 6. The third kappa shape index (κ3) is 4.96. The largest absolute Gasteiger partial charge is 0.456 e. The van der Waals surface area contributed by atoms with E-state index in [1.807, 2.05) is 72.8 Å². The zero-order chi connectivity index (χ0) is 26.8. The lowest BCUT2D eigenvalue weighted by Crippen LogP contribution is -2.31. The maximum absolute atomic E-state index is 13.9. The van der Waals surface area contributed by atoms with Crippen molar-refractivity contribution < 1.29 is 9.53 Å². The molecule has 7 nitrogen and oxygen atoms in total. The van der Waals surface area contributed by atoms with E-state index in [0.29, 0.717) is 47.2 Å². The SMILES string of the molecule is O=C(/C=C/c1ccccc1)N1CC[C@@H](n2c(=O)n(-c3ccc(Oc4ccccc4)c(Cl)c3)c3cnccc32)C1. The van der Waals surface area contributed by atoms with E-state index in [4.69, 9.17) is 16.3 Å². The molecule has 1 amide bonds. The summed E-state index contributed by atoms with van der Waals surface area (Å²) in [6.45, 7) is 1.02. The van der Waals surface area contributed by atoms with Gasteiger partial charge in [-0.25, -0.2) is 4.79 Å². The number of ether oxygens (including phenoxy) is 1. The van der Waals surface area contributed by atoms with Gasteiger partial charge in [-0.1, -0.05) is 60.1 Å². The van der Waals surface area contributed by atoms with Crippen LogP contribution >= 0.6 is 11.6 Å². The fraction of sp³-hybridized carbons (Fsp3) is 0.129. The zero-order valence-electron chi connectivity index (χ0n) is 21.0. The molecule has 2 aromatic heterocycles. The number of fused-ring (bicyclic) bond motifs is 1. The van der Waals surface area contributed by atoms with E-state index in [2.05, 4.69) is 4.98 Å². The van der Waals surface area contributed by atoms with Gasteiger partial charge < -0.3 is 9.64 Å². The quantitative estimate of drug-likeness (QED) is 0.245. The Kier molecular flexibility index (Phi) is 6.73. The van der Waals surface area contributed by atoms with Crippen LogP contribution in [-0.2, 0) is 4.79 Å². The number of amides is 1. The van der Waals surface area contributed by atoms with Crippen LogP contribution in [0.5, 0.6) is 11.5 Å². The van der Waals surface area contributed by atoms with E-state index in [1.165, 1.54) is 0 Å². The van der Waals surface area contributed by atoms with Crippen LogP contribution in [-0.4, -0.2) is 38.0 Å². The molecule has 0 saturated carbocycles. The minimum Gasteiger partial charge on any atom is -0.456 e. The molecule has 1 saturated heterocycles. The van der Waals surface area contributed by atoms with Crippen molar-refractivity contribution in [3.05, 3.63) is 124 Å². The maximum Gasteiger partial charge on any atom is 0.334 e. The lowest BCUT2D eigenvalue weighted by molar-refractivity contribution is -0.125. The minimum absolute atomic E-state index is 0.0689. The molecule has 0 radical (unpaired) electrons. The molecule has 39 heavy (non-hydrogen) atoms. The molecule has 1 fully saturated rings. The van der Waals surface area contributed by atoms with Crippen LogP contribution in [0.4, 0.5) is 0 Å². The number of aromatic nitrogens is 3. The van der Waals surface area contributed by atoms with Gasteiger partial charge in [0.25, 0.3) is 0 Å². The van der Waals surface area contributed by atoms with Crippen LogP contribution in [0.3, 0.4) is 0 Å². The second kappa shape index (κ2) is 10.6. The summed E-state index contributed by atoms with van der Waals surface area (Å²) in [5.74, 6) is 1.10. The highest BCUT2D eigenvalue weighted by Gasteiger charge is 2.30. The maximum atomic E-state index is 13.9. The van der Waals surface area contributed by atoms with Crippen molar-refractivity contribution in [1.82, 2.24) is 19.0 Å². The molecular weight excluding hydrogens is 512 g/mol. The monoisotopic (exact) mass is 536 g/mol. The number of pyridine rings is 1. The first-order chi connectivity index (χ1) is 19.1. The summed E-state index contributed by atoms with van der Waals surface area (Å²) in [6.07, 6.45) is 7.43. The average molecular weight is 537 g/mol. The zero-order valence-corrected chi connectivity index (χ0v) is 21.7. The van der Waals surface area contributed by atoms with Crippen molar-refractivity contribution >= 4 is 34.6 Å². The lowest BCUT2D eigenvalue weighted by Gasteiger charge is -2.15. The molecule has 1 atom stereocenters. The number of halogens is 1. The lowest BCUT2D eigenvalue weighted by atomic mass is 10.2. The average Bonchev–Trinajstić information content (AvgIpc) is 3.56. The summed E-state index contributed by atoms with van der Waals surface area (Å²) < 4.78 is 9.29. The second-order valence-corrected chi connectivity index (χ2v) is 9.76. The number of imidazole rings is 1. The molecule has 0 N–H and O–H groups in total. The standard InChI is InChI=1S/C31H25ClN4O3/c32-26-19-23(12-13-29(26)39-25-9-5-2-6-10-25)35-28-20-33-17-15-27(28)36(31(35)38)24-16-18-34(21-24)30(37)14-11-22-7-3-1-4-8-22/h1-15,17,19-20,24H,16,18,21H2/b14-11+/t24-/m1/s1. The van der Waals surface area contributed by atoms with Crippen molar-refractivity contribution in [3.8, 4) is 17.2 Å². The Hall–Kier alpha value is -4.62. The number of hydrogen-bond donors (Lipinski definition) is 0. The van der Waals surface area contributed by atoms with Crippen LogP contribution in [0.15, 0.2) is 108 Å². The van der Waals surface area contributed by atoms with E-state index >= 15 is 0 Å². The molecule has 0 bridgehead atoms. The van der Waals surface area contributed by atoms with Crippen molar-refractivity contribution in [2.75, 3.05) is 13.1 Å². The van der Waals surface area contributed by atoms with Gasteiger partial charge in [-0.2, -0.15) is 0 Å². The molecule has 194 valence electrons. The predicted molar refractivity (Wildman–Crippen MR) is 153 cm³/mol. The molecule has 0 unspecified atom stereocenters. The normalized spacial score (nSPS) is 15.3. The predicted octanol–water partition coefficient (Wildman–Crippen LogP) is 6.12. The summed E-state index contributed by atoms with van der Waals surface area (Å²) in [6, 6.07) is 26.0. The van der Waals surface area contributed by atoms with E-state index < -0.39 is 0 Å².